The number of aromatic nitrogens is 3. The summed E-state index contributed by atoms with van der Waals surface area (Å²) >= 11 is 0. The lowest BCUT2D eigenvalue weighted by molar-refractivity contribution is -0.134. The third-order valence-electron chi connectivity index (χ3n) is 6.94. The van der Waals surface area contributed by atoms with Crippen LogP contribution in [-0.4, -0.2) is 68.5 Å². The zero-order valence-corrected chi connectivity index (χ0v) is 18.2. The van der Waals surface area contributed by atoms with E-state index in [2.05, 4.69) is 15.6 Å². The van der Waals surface area contributed by atoms with Gasteiger partial charge < -0.3 is 19.9 Å². The summed E-state index contributed by atoms with van der Waals surface area (Å²) in [6, 6.07) is -0.0952. The molecule has 1 saturated heterocycles. The van der Waals surface area contributed by atoms with Gasteiger partial charge in [0.2, 0.25) is 5.91 Å². The van der Waals surface area contributed by atoms with Gasteiger partial charge in [-0.2, -0.15) is 0 Å². The average Bonchev–Trinajstić information content (AvgIpc) is 3.48. The van der Waals surface area contributed by atoms with Crippen LogP contribution in [0.1, 0.15) is 63.8 Å². The van der Waals surface area contributed by atoms with E-state index >= 15 is 0 Å². The number of amides is 3. The Hall–Kier alpha value is -2.16. The monoisotopic (exact) mass is 418 g/mol. The fourth-order valence-electron chi connectivity index (χ4n) is 5.01. The summed E-state index contributed by atoms with van der Waals surface area (Å²) in [6.07, 6.45) is 6.42. The van der Waals surface area contributed by atoms with E-state index in [9.17, 15) is 9.59 Å². The van der Waals surface area contributed by atoms with Crippen molar-refractivity contribution in [1.29, 1.82) is 0 Å². The van der Waals surface area contributed by atoms with E-state index in [0.717, 1.165) is 24.4 Å². The lowest BCUT2D eigenvalue weighted by Crippen LogP contribution is -2.45. The molecule has 2 fully saturated rings. The van der Waals surface area contributed by atoms with Crippen LogP contribution in [0, 0.1) is 5.92 Å². The van der Waals surface area contributed by atoms with E-state index in [4.69, 9.17) is 4.74 Å². The Bertz CT molecular complexity index is 771. The first kappa shape index (κ1) is 21.1. The molecule has 4 rings (SSSR count). The molecule has 0 bridgehead atoms. The number of ether oxygens (including phenoxy) is 1. The predicted molar refractivity (Wildman–Crippen MR) is 110 cm³/mol. The molecule has 2 aliphatic heterocycles. The summed E-state index contributed by atoms with van der Waals surface area (Å²) in [5, 5.41) is 11.5. The number of nitrogens with one attached hydrogen (secondary N) is 1. The molecule has 1 aromatic rings. The van der Waals surface area contributed by atoms with Crippen LogP contribution in [0.3, 0.4) is 0 Å². The Labute approximate surface area is 178 Å². The van der Waals surface area contributed by atoms with Gasteiger partial charge in [0.15, 0.2) is 0 Å². The summed E-state index contributed by atoms with van der Waals surface area (Å²) in [7, 11) is 0. The highest BCUT2D eigenvalue weighted by molar-refractivity contribution is 5.77. The SMILES string of the molecule is CCN(CC)C(=O)NCc1nnn2c1COC1(CCN(C(=O)CC3CCCC3)C1)C2. The first-order valence-electron chi connectivity index (χ1n) is 11.4. The van der Waals surface area contributed by atoms with Crippen LogP contribution in [0.2, 0.25) is 0 Å². The van der Waals surface area contributed by atoms with Crippen molar-refractivity contribution >= 4 is 11.9 Å². The Morgan fingerprint density at radius 3 is 2.73 bits per heavy atom. The van der Waals surface area contributed by atoms with Crippen LogP contribution in [0.5, 0.6) is 0 Å². The maximum absolute atomic E-state index is 12.7. The molecule has 9 heteroatoms. The summed E-state index contributed by atoms with van der Waals surface area (Å²) in [5.41, 5.74) is 1.29. The van der Waals surface area contributed by atoms with Crippen LogP contribution in [0.15, 0.2) is 0 Å². The molecule has 1 N–H and O–H groups in total. The average molecular weight is 419 g/mol. The lowest BCUT2D eigenvalue weighted by atomic mass is 10.0. The minimum Gasteiger partial charge on any atom is -0.365 e. The molecular formula is C21H34N6O3. The van der Waals surface area contributed by atoms with Gasteiger partial charge in [-0.05, 0) is 39.0 Å². The van der Waals surface area contributed by atoms with E-state index in [1.54, 1.807) is 4.90 Å². The topological polar surface area (TPSA) is 92.6 Å². The predicted octanol–water partition coefficient (Wildman–Crippen LogP) is 1.91. The summed E-state index contributed by atoms with van der Waals surface area (Å²) < 4.78 is 8.18. The molecular weight excluding hydrogens is 384 g/mol. The van der Waals surface area contributed by atoms with Crippen molar-refractivity contribution in [1.82, 2.24) is 30.1 Å². The van der Waals surface area contributed by atoms with Crippen molar-refractivity contribution in [2.24, 2.45) is 5.92 Å². The molecule has 1 spiro atoms. The molecule has 1 atom stereocenters. The minimum absolute atomic E-state index is 0.0952. The van der Waals surface area contributed by atoms with Crippen molar-refractivity contribution in [3.63, 3.8) is 0 Å². The number of rotatable bonds is 6. The van der Waals surface area contributed by atoms with Crippen LogP contribution in [-0.2, 0) is 29.2 Å². The standard InChI is InChI=1S/C21H34N6O3/c1-3-25(4-2)20(29)22-12-17-18-13-30-21(15-27(18)24-23-17)9-10-26(14-21)19(28)11-16-7-5-6-8-16/h16H,3-15H2,1-2H3,(H,22,29). The van der Waals surface area contributed by atoms with Gasteiger partial charge in [0.1, 0.15) is 11.3 Å². The third kappa shape index (κ3) is 4.31. The number of urea groups is 1. The smallest absolute Gasteiger partial charge is 0.317 e. The molecule has 9 nitrogen and oxygen atoms in total. The van der Waals surface area contributed by atoms with Crippen molar-refractivity contribution in [2.45, 2.75) is 77.7 Å². The van der Waals surface area contributed by atoms with Crippen LogP contribution >= 0.6 is 0 Å². The van der Waals surface area contributed by atoms with Crippen LogP contribution in [0.4, 0.5) is 4.79 Å². The Balaban J connectivity index is 1.33. The first-order valence-corrected chi connectivity index (χ1v) is 11.4. The maximum atomic E-state index is 12.7. The zero-order chi connectivity index (χ0) is 21.1. The molecule has 3 aliphatic rings. The second kappa shape index (κ2) is 8.91. The number of fused-ring (bicyclic) bond motifs is 1. The van der Waals surface area contributed by atoms with Crippen molar-refractivity contribution in [3.8, 4) is 0 Å². The Morgan fingerprint density at radius 1 is 1.23 bits per heavy atom. The van der Waals surface area contributed by atoms with Gasteiger partial charge in [-0.15, -0.1) is 5.10 Å². The molecule has 3 heterocycles. The van der Waals surface area contributed by atoms with Crippen molar-refractivity contribution < 1.29 is 14.3 Å². The van der Waals surface area contributed by atoms with E-state index in [0.29, 0.717) is 51.7 Å². The summed E-state index contributed by atoms with van der Waals surface area (Å²) in [6.45, 7) is 7.99. The van der Waals surface area contributed by atoms with E-state index in [-0.39, 0.29) is 17.5 Å². The highest BCUT2D eigenvalue weighted by Crippen LogP contribution is 2.34. The molecule has 166 valence electrons. The second-order valence-electron chi connectivity index (χ2n) is 8.86. The third-order valence-corrected chi connectivity index (χ3v) is 6.94. The fraction of sp³-hybridized carbons (Fsp3) is 0.810. The number of nitrogens with zero attached hydrogens (tertiary/aromatic N) is 5. The number of hydrogen-bond donors (Lipinski definition) is 1. The molecule has 1 aromatic heterocycles. The Morgan fingerprint density at radius 2 is 2.00 bits per heavy atom. The zero-order valence-electron chi connectivity index (χ0n) is 18.2. The van der Waals surface area contributed by atoms with Gasteiger partial charge in [0.05, 0.1) is 31.9 Å². The largest absolute Gasteiger partial charge is 0.365 e. The number of carbonyl (C=O) groups excluding carboxylic acids is 2. The van der Waals surface area contributed by atoms with Crippen molar-refractivity contribution in [3.05, 3.63) is 11.4 Å². The molecule has 1 unspecified atom stereocenters. The maximum Gasteiger partial charge on any atom is 0.317 e. The van der Waals surface area contributed by atoms with Gasteiger partial charge in [-0.25, -0.2) is 9.48 Å². The van der Waals surface area contributed by atoms with Gasteiger partial charge in [-0.1, -0.05) is 18.1 Å². The van der Waals surface area contributed by atoms with Gasteiger partial charge in [0, 0.05) is 26.1 Å². The summed E-state index contributed by atoms with van der Waals surface area (Å²) in [5.74, 6) is 0.837. The normalized spacial score (nSPS) is 23.7. The molecule has 0 radical (unpaired) electrons. The number of likely N-dealkylation sites (tertiary alicyclic amines) is 1. The molecule has 3 amide bonds. The molecule has 1 aliphatic carbocycles. The molecule has 1 saturated carbocycles. The summed E-state index contributed by atoms with van der Waals surface area (Å²) in [4.78, 5) is 28.6. The van der Waals surface area contributed by atoms with Crippen molar-refractivity contribution in [2.75, 3.05) is 26.2 Å². The molecule has 0 aromatic carbocycles. The van der Waals surface area contributed by atoms with E-state index < -0.39 is 0 Å². The number of carbonyl (C=O) groups is 2. The van der Waals surface area contributed by atoms with Crippen LogP contribution < -0.4 is 5.32 Å². The van der Waals surface area contributed by atoms with Gasteiger partial charge in [0.25, 0.3) is 0 Å². The van der Waals surface area contributed by atoms with Crippen LogP contribution in [0.25, 0.3) is 0 Å². The van der Waals surface area contributed by atoms with Gasteiger partial charge >= 0.3 is 6.03 Å². The molecule has 30 heavy (non-hydrogen) atoms. The first-order chi connectivity index (χ1) is 14.5. The lowest BCUT2D eigenvalue weighted by Gasteiger charge is -2.34. The highest BCUT2D eigenvalue weighted by Gasteiger charge is 2.45. The second-order valence-corrected chi connectivity index (χ2v) is 8.86. The number of hydrogen-bond acceptors (Lipinski definition) is 5. The van der Waals surface area contributed by atoms with E-state index in [1.165, 1.54) is 25.7 Å². The van der Waals surface area contributed by atoms with Gasteiger partial charge in [-0.3, -0.25) is 4.79 Å². The van der Waals surface area contributed by atoms with E-state index in [1.807, 2.05) is 23.4 Å². The fourth-order valence-corrected chi connectivity index (χ4v) is 5.01. The Kier molecular flexibility index (Phi) is 6.26. The highest BCUT2D eigenvalue weighted by atomic mass is 16.5. The quantitative estimate of drug-likeness (QED) is 0.762. The minimum atomic E-state index is -0.367.